The molecule has 1 heterocycles. The van der Waals surface area contributed by atoms with Gasteiger partial charge in [-0.25, -0.2) is 0 Å². The lowest BCUT2D eigenvalue weighted by Gasteiger charge is -2.28. The van der Waals surface area contributed by atoms with Crippen molar-refractivity contribution < 1.29 is 0 Å². The van der Waals surface area contributed by atoms with Crippen molar-refractivity contribution in [3.8, 4) is 0 Å². The fourth-order valence-electron chi connectivity index (χ4n) is 1.86. The minimum Gasteiger partial charge on any atom is -0.314 e. The van der Waals surface area contributed by atoms with Crippen LogP contribution in [0.1, 0.15) is 23.1 Å². The Kier molecular flexibility index (Phi) is 2.36. The summed E-state index contributed by atoms with van der Waals surface area (Å²) >= 11 is 0. The van der Waals surface area contributed by atoms with Gasteiger partial charge in [-0.3, -0.25) is 0 Å². The number of nitrogens with one attached hydrogen (secondary N) is 1. The molecule has 1 aromatic rings. The second-order valence-electron chi connectivity index (χ2n) is 4.07. The second kappa shape index (κ2) is 3.51. The first-order valence-corrected chi connectivity index (χ1v) is 5.05. The maximum atomic E-state index is 3.44. The Bertz CT molecular complexity index is 300. The van der Waals surface area contributed by atoms with Gasteiger partial charge >= 0.3 is 0 Å². The zero-order valence-electron chi connectivity index (χ0n) is 8.43. The Morgan fingerprint density at radius 1 is 1.38 bits per heavy atom. The largest absolute Gasteiger partial charge is 0.314 e. The first kappa shape index (κ1) is 8.76. The summed E-state index contributed by atoms with van der Waals surface area (Å²) in [6.07, 6.45) is 2.54. The molecule has 1 N–H and O–H groups in total. The Morgan fingerprint density at radius 2 is 2.15 bits per heavy atom. The third kappa shape index (κ3) is 1.92. The van der Waals surface area contributed by atoms with Crippen LogP contribution in [-0.2, 0) is 6.42 Å². The summed E-state index contributed by atoms with van der Waals surface area (Å²) < 4.78 is 0. The lowest BCUT2D eigenvalue weighted by Crippen LogP contribution is -2.44. The van der Waals surface area contributed by atoms with Crippen molar-refractivity contribution in [3.63, 3.8) is 0 Å². The van der Waals surface area contributed by atoms with Gasteiger partial charge in [0.2, 0.25) is 0 Å². The van der Waals surface area contributed by atoms with Crippen molar-refractivity contribution in [2.24, 2.45) is 0 Å². The first-order chi connectivity index (χ1) is 6.25. The van der Waals surface area contributed by atoms with Crippen molar-refractivity contribution in [1.82, 2.24) is 5.32 Å². The predicted octanol–water partition coefficient (Wildman–Crippen LogP) is 2.21. The Morgan fingerprint density at radius 3 is 2.69 bits per heavy atom. The van der Waals surface area contributed by atoms with Crippen molar-refractivity contribution in [3.05, 3.63) is 34.9 Å². The Labute approximate surface area is 80.2 Å². The molecule has 0 amide bonds. The van der Waals surface area contributed by atoms with Crippen LogP contribution < -0.4 is 5.32 Å². The van der Waals surface area contributed by atoms with Crippen LogP contribution in [0.3, 0.4) is 0 Å². The molecule has 1 unspecified atom stereocenters. The molecular formula is C12H17N. The molecule has 1 aliphatic rings. The highest BCUT2D eigenvalue weighted by Crippen LogP contribution is 2.15. The summed E-state index contributed by atoms with van der Waals surface area (Å²) in [5.41, 5.74) is 4.30. The molecule has 1 atom stereocenters. The van der Waals surface area contributed by atoms with Crippen LogP contribution in [0.2, 0.25) is 0 Å². The third-order valence-corrected chi connectivity index (χ3v) is 2.89. The minimum absolute atomic E-state index is 0.737. The van der Waals surface area contributed by atoms with Crippen LogP contribution in [0, 0.1) is 13.8 Å². The van der Waals surface area contributed by atoms with Gasteiger partial charge in [-0.1, -0.05) is 23.8 Å². The fraction of sp³-hybridized carbons (Fsp3) is 0.500. The molecule has 0 bridgehead atoms. The highest BCUT2D eigenvalue weighted by molar-refractivity contribution is 5.31. The average Bonchev–Trinajstić information content (AvgIpc) is 1.99. The monoisotopic (exact) mass is 175 g/mol. The molecule has 1 aliphatic heterocycles. The molecule has 1 nitrogen and oxygen atoms in total. The fourth-order valence-corrected chi connectivity index (χ4v) is 1.86. The van der Waals surface area contributed by atoms with Crippen LogP contribution >= 0.6 is 0 Å². The van der Waals surface area contributed by atoms with Crippen LogP contribution in [0.15, 0.2) is 18.2 Å². The number of hydrogen-bond acceptors (Lipinski definition) is 1. The molecule has 0 aliphatic carbocycles. The number of benzene rings is 1. The Balaban J connectivity index is 2.10. The van der Waals surface area contributed by atoms with E-state index in [0.29, 0.717) is 0 Å². The van der Waals surface area contributed by atoms with Crippen molar-refractivity contribution >= 4 is 0 Å². The van der Waals surface area contributed by atoms with E-state index in [1.807, 2.05) is 0 Å². The summed E-state index contributed by atoms with van der Waals surface area (Å²) in [5.74, 6) is 0. The molecule has 1 heteroatoms. The predicted molar refractivity (Wildman–Crippen MR) is 56.0 cm³/mol. The van der Waals surface area contributed by atoms with Gasteiger partial charge in [0.25, 0.3) is 0 Å². The highest BCUT2D eigenvalue weighted by atomic mass is 15.0. The van der Waals surface area contributed by atoms with E-state index in [2.05, 4.69) is 37.4 Å². The molecule has 0 aromatic heterocycles. The molecule has 70 valence electrons. The van der Waals surface area contributed by atoms with Gasteiger partial charge in [0.15, 0.2) is 0 Å². The van der Waals surface area contributed by atoms with E-state index in [1.54, 1.807) is 0 Å². The van der Waals surface area contributed by atoms with E-state index in [9.17, 15) is 0 Å². The first-order valence-electron chi connectivity index (χ1n) is 5.05. The van der Waals surface area contributed by atoms with Crippen LogP contribution in [0.5, 0.6) is 0 Å². The lowest BCUT2D eigenvalue weighted by atomic mass is 9.94. The van der Waals surface area contributed by atoms with Crippen molar-refractivity contribution in [1.29, 1.82) is 0 Å². The van der Waals surface area contributed by atoms with Crippen LogP contribution in [0.25, 0.3) is 0 Å². The van der Waals surface area contributed by atoms with Crippen molar-refractivity contribution in [2.75, 3.05) is 6.54 Å². The maximum Gasteiger partial charge on any atom is 0.0120 e. The summed E-state index contributed by atoms with van der Waals surface area (Å²) in [6, 6.07) is 7.49. The van der Waals surface area contributed by atoms with E-state index in [0.717, 1.165) is 6.04 Å². The molecule has 1 aromatic carbocycles. The second-order valence-corrected chi connectivity index (χ2v) is 4.07. The summed E-state index contributed by atoms with van der Waals surface area (Å²) in [7, 11) is 0. The molecule has 0 radical (unpaired) electrons. The van der Waals surface area contributed by atoms with E-state index in [1.165, 1.54) is 36.1 Å². The summed E-state index contributed by atoms with van der Waals surface area (Å²) in [5, 5.41) is 3.44. The molecular weight excluding hydrogens is 158 g/mol. The molecule has 2 rings (SSSR count). The minimum atomic E-state index is 0.737. The quantitative estimate of drug-likeness (QED) is 0.726. The number of rotatable bonds is 2. The van der Waals surface area contributed by atoms with E-state index < -0.39 is 0 Å². The SMILES string of the molecule is Cc1ccc(CC2CCN2)c(C)c1. The molecule has 0 spiro atoms. The van der Waals surface area contributed by atoms with Gasteiger partial charge in [0, 0.05) is 6.04 Å². The van der Waals surface area contributed by atoms with Gasteiger partial charge in [0.05, 0.1) is 0 Å². The van der Waals surface area contributed by atoms with Gasteiger partial charge in [-0.2, -0.15) is 0 Å². The zero-order chi connectivity index (χ0) is 9.26. The summed E-state index contributed by atoms with van der Waals surface area (Å²) in [6.45, 7) is 5.56. The molecule has 1 saturated heterocycles. The van der Waals surface area contributed by atoms with Crippen LogP contribution in [-0.4, -0.2) is 12.6 Å². The highest BCUT2D eigenvalue weighted by Gasteiger charge is 2.16. The van der Waals surface area contributed by atoms with E-state index in [-0.39, 0.29) is 0 Å². The van der Waals surface area contributed by atoms with Gasteiger partial charge in [0.1, 0.15) is 0 Å². The normalized spacial score (nSPS) is 21.2. The van der Waals surface area contributed by atoms with Gasteiger partial charge in [-0.15, -0.1) is 0 Å². The smallest absolute Gasteiger partial charge is 0.0120 e. The third-order valence-electron chi connectivity index (χ3n) is 2.89. The summed E-state index contributed by atoms with van der Waals surface area (Å²) in [4.78, 5) is 0. The molecule has 0 saturated carbocycles. The zero-order valence-corrected chi connectivity index (χ0v) is 8.43. The lowest BCUT2D eigenvalue weighted by molar-refractivity contribution is 0.369. The number of aryl methyl sites for hydroxylation is 2. The van der Waals surface area contributed by atoms with Crippen molar-refractivity contribution in [2.45, 2.75) is 32.7 Å². The standard InChI is InChI=1S/C12H17N/c1-9-3-4-11(10(2)7-9)8-12-5-6-13-12/h3-4,7,12-13H,5-6,8H2,1-2H3. The van der Waals surface area contributed by atoms with Gasteiger partial charge < -0.3 is 5.32 Å². The molecule has 13 heavy (non-hydrogen) atoms. The van der Waals surface area contributed by atoms with E-state index >= 15 is 0 Å². The molecule has 1 fully saturated rings. The average molecular weight is 175 g/mol. The van der Waals surface area contributed by atoms with E-state index in [4.69, 9.17) is 0 Å². The number of hydrogen-bond donors (Lipinski definition) is 1. The maximum absolute atomic E-state index is 3.44. The van der Waals surface area contributed by atoms with Crippen LogP contribution in [0.4, 0.5) is 0 Å². The Hall–Kier alpha value is -0.820. The van der Waals surface area contributed by atoms with Gasteiger partial charge in [-0.05, 0) is 44.4 Å². The topological polar surface area (TPSA) is 12.0 Å².